The summed E-state index contributed by atoms with van der Waals surface area (Å²) < 4.78 is 0. The summed E-state index contributed by atoms with van der Waals surface area (Å²) in [6, 6.07) is 1.00. The van der Waals surface area contributed by atoms with Crippen molar-refractivity contribution < 1.29 is 15.0 Å². The minimum atomic E-state index is -0.957. The minimum Gasteiger partial charge on any atom is -0.480 e. The summed E-state index contributed by atoms with van der Waals surface area (Å²) in [7, 11) is 0. The second-order valence-corrected chi connectivity index (χ2v) is 3.89. The summed E-state index contributed by atoms with van der Waals surface area (Å²) in [6.45, 7) is 2.08. The van der Waals surface area contributed by atoms with Gasteiger partial charge in [0.15, 0.2) is 0 Å². The Balaban J connectivity index is 2.28. The SMILES string of the molecule is Cc1ccnc(N2CC(O)CC2C(=O)O)n1. The first-order chi connectivity index (χ1) is 7.58. The zero-order chi connectivity index (χ0) is 11.7. The van der Waals surface area contributed by atoms with Crippen molar-refractivity contribution in [2.75, 3.05) is 11.4 Å². The van der Waals surface area contributed by atoms with Crippen molar-refractivity contribution in [2.24, 2.45) is 0 Å². The van der Waals surface area contributed by atoms with Gasteiger partial charge >= 0.3 is 5.97 Å². The van der Waals surface area contributed by atoms with Crippen molar-refractivity contribution in [1.29, 1.82) is 0 Å². The third-order valence-electron chi connectivity index (χ3n) is 2.60. The Morgan fingerprint density at radius 1 is 1.62 bits per heavy atom. The van der Waals surface area contributed by atoms with Crippen LogP contribution in [0.1, 0.15) is 12.1 Å². The van der Waals surface area contributed by atoms with Gasteiger partial charge in [-0.25, -0.2) is 14.8 Å². The Labute approximate surface area is 92.6 Å². The van der Waals surface area contributed by atoms with E-state index in [1.54, 1.807) is 12.3 Å². The van der Waals surface area contributed by atoms with Gasteiger partial charge in [0.25, 0.3) is 0 Å². The second kappa shape index (κ2) is 4.05. The normalized spacial score (nSPS) is 24.8. The third kappa shape index (κ3) is 1.96. The van der Waals surface area contributed by atoms with Gasteiger partial charge < -0.3 is 15.1 Å². The predicted octanol–water partition coefficient (Wildman–Crippen LogP) is -0.191. The maximum atomic E-state index is 11.0. The molecule has 0 aromatic carbocycles. The van der Waals surface area contributed by atoms with Crippen LogP contribution in [0.15, 0.2) is 12.3 Å². The maximum absolute atomic E-state index is 11.0. The molecule has 16 heavy (non-hydrogen) atoms. The zero-order valence-electron chi connectivity index (χ0n) is 8.87. The molecule has 2 atom stereocenters. The quantitative estimate of drug-likeness (QED) is 0.722. The van der Waals surface area contributed by atoms with E-state index in [0.29, 0.717) is 5.95 Å². The molecule has 2 N–H and O–H groups in total. The molecular formula is C10H13N3O3. The Kier molecular flexibility index (Phi) is 2.74. The number of aliphatic carboxylic acids is 1. The van der Waals surface area contributed by atoms with Crippen LogP contribution in [0.2, 0.25) is 0 Å². The van der Waals surface area contributed by atoms with E-state index in [-0.39, 0.29) is 13.0 Å². The first-order valence-electron chi connectivity index (χ1n) is 5.05. The van der Waals surface area contributed by atoms with Gasteiger partial charge in [0, 0.05) is 24.9 Å². The van der Waals surface area contributed by atoms with Crippen LogP contribution in [0.4, 0.5) is 5.95 Å². The minimum absolute atomic E-state index is 0.215. The van der Waals surface area contributed by atoms with Crippen LogP contribution in [0, 0.1) is 6.92 Å². The number of anilines is 1. The van der Waals surface area contributed by atoms with Crippen LogP contribution in [-0.4, -0.2) is 44.8 Å². The average molecular weight is 223 g/mol. The maximum Gasteiger partial charge on any atom is 0.326 e. The Bertz CT molecular complexity index is 410. The highest BCUT2D eigenvalue weighted by Crippen LogP contribution is 2.22. The number of hydrogen-bond donors (Lipinski definition) is 2. The molecular weight excluding hydrogens is 210 g/mol. The largest absolute Gasteiger partial charge is 0.480 e. The summed E-state index contributed by atoms with van der Waals surface area (Å²) in [5.41, 5.74) is 0.774. The molecule has 0 saturated carbocycles. The number of aliphatic hydroxyl groups excluding tert-OH is 1. The highest BCUT2D eigenvalue weighted by atomic mass is 16.4. The van der Waals surface area contributed by atoms with Crippen LogP contribution in [0.5, 0.6) is 0 Å². The first kappa shape index (κ1) is 10.8. The van der Waals surface area contributed by atoms with E-state index in [2.05, 4.69) is 9.97 Å². The van der Waals surface area contributed by atoms with E-state index in [4.69, 9.17) is 5.11 Å². The molecule has 0 bridgehead atoms. The Morgan fingerprint density at radius 3 is 3.00 bits per heavy atom. The molecule has 2 heterocycles. The van der Waals surface area contributed by atoms with E-state index in [1.165, 1.54) is 4.90 Å². The fraction of sp³-hybridized carbons (Fsp3) is 0.500. The third-order valence-corrected chi connectivity index (χ3v) is 2.60. The molecule has 0 radical (unpaired) electrons. The zero-order valence-corrected chi connectivity index (χ0v) is 8.87. The van der Waals surface area contributed by atoms with Crippen LogP contribution >= 0.6 is 0 Å². The lowest BCUT2D eigenvalue weighted by molar-refractivity contribution is -0.138. The topological polar surface area (TPSA) is 86.5 Å². The van der Waals surface area contributed by atoms with Crippen molar-refractivity contribution in [3.63, 3.8) is 0 Å². The first-order valence-corrected chi connectivity index (χ1v) is 5.05. The van der Waals surface area contributed by atoms with Gasteiger partial charge in [-0.1, -0.05) is 0 Å². The number of rotatable bonds is 2. The lowest BCUT2D eigenvalue weighted by atomic mass is 10.2. The van der Waals surface area contributed by atoms with Gasteiger partial charge in [-0.3, -0.25) is 0 Å². The number of carbonyl (C=O) groups is 1. The molecule has 1 fully saturated rings. The Morgan fingerprint density at radius 2 is 2.38 bits per heavy atom. The predicted molar refractivity (Wildman–Crippen MR) is 56.2 cm³/mol. The van der Waals surface area contributed by atoms with E-state index in [9.17, 15) is 9.90 Å². The molecule has 86 valence electrons. The molecule has 1 aliphatic rings. The van der Waals surface area contributed by atoms with Crippen molar-refractivity contribution in [3.05, 3.63) is 18.0 Å². The van der Waals surface area contributed by atoms with Crippen LogP contribution in [0.25, 0.3) is 0 Å². The van der Waals surface area contributed by atoms with Gasteiger partial charge in [0.05, 0.1) is 6.10 Å². The number of β-amino-alcohol motifs (C(OH)–C–C–N with tert-alkyl or cyclic N) is 1. The van der Waals surface area contributed by atoms with E-state index in [0.717, 1.165) is 5.69 Å². The van der Waals surface area contributed by atoms with E-state index in [1.807, 2.05) is 6.92 Å². The van der Waals surface area contributed by atoms with Gasteiger partial charge in [0.1, 0.15) is 6.04 Å². The molecule has 2 rings (SSSR count). The number of aryl methyl sites for hydroxylation is 1. The molecule has 0 amide bonds. The van der Waals surface area contributed by atoms with Crippen LogP contribution in [0.3, 0.4) is 0 Å². The number of aromatic nitrogens is 2. The summed E-state index contributed by atoms with van der Waals surface area (Å²) >= 11 is 0. The fourth-order valence-electron chi connectivity index (χ4n) is 1.84. The number of hydrogen-bond acceptors (Lipinski definition) is 5. The van der Waals surface area contributed by atoms with Crippen molar-refractivity contribution in [3.8, 4) is 0 Å². The number of nitrogens with zero attached hydrogens (tertiary/aromatic N) is 3. The molecule has 2 unspecified atom stereocenters. The molecule has 1 aliphatic heterocycles. The van der Waals surface area contributed by atoms with E-state index >= 15 is 0 Å². The van der Waals surface area contributed by atoms with E-state index < -0.39 is 18.1 Å². The molecule has 1 aromatic rings. The molecule has 6 nitrogen and oxygen atoms in total. The second-order valence-electron chi connectivity index (χ2n) is 3.89. The highest BCUT2D eigenvalue weighted by Gasteiger charge is 2.37. The van der Waals surface area contributed by atoms with Crippen molar-refractivity contribution >= 4 is 11.9 Å². The van der Waals surface area contributed by atoms with Gasteiger partial charge in [-0.15, -0.1) is 0 Å². The van der Waals surface area contributed by atoms with Crippen molar-refractivity contribution in [1.82, 2.24) is 9.97 Å². The number of carboxylic acid groups (broad SMARTS) is 1. The lowest BCUT2D eigenvalue weighted by Crippen LogP contribution is -2.37. The number of aliphatic hydroxyl groups is 1. The average Bonchev–Trinajstić information content (AvgIpc) is 2.60. The van der Waals surface area contributed by atoms with Gasteiger partial charge in [-0.05, 0) is 13.0 Å². The smallest absolute Gasteiger partial charge is 0.326 e. The molecule has 1 saturated heterocycles. The summed E-state index contributed by atoms with van der Waals surface area (Å²) in [6.07, 6.45) is 1.17. The van der Waals surface area contributed by atoms with Gasteiger partial charge in [-0.2, -0.15) is 0 Å². The van der Waals surface area contributed by atoms with Gasteiger partial charge in [0.2, 0.25) is 5.95 Å². The van der Waals surface area contributed by atoms with Crippen LogP contribution < -0.4 is 4.90 Å². The van der Waals surface area contributed by atoms with Crippen LogP contribution in [-0.2, 0) is 4.79 Å². The summed E-state index contributed by atoms with van der Waals surface area (Å²) in [5, 5.41) is 18.5. The lowest BCUT2D eigenvalue weighted by Gasteiger charge is -2.20. The molecule has 0 aliphatic carbocycles. The standard InChI is InChI=1S/C10H13N3O3/c1-6-2-3-11-10(12-6)13-5-7(14)4-8(13)9(15)16/h2-3,7-8,14H,4-5H2,1H3,(H,15,16). The van der Waals surface area contributed by atoms with Crippen molar-refractivity contribution in [2.45, 2.75) is 25.5 Å². The fourth-order valence-corrected chi connectivity index (χ4v) is 1.84. The molecule has 6 heteroatoms. The Hall–Kier alpha value is -1.69. The number of carboxylic acids is 1. The molecule has 1 aromatic heterocycles. The summed E-state index contributed by atoms with van der Waals surface area (Å²) in [5.74, 6) is -0.592. The summed E-state index contributed by atoms with van der Waals surface area (Å²) in [4.78, 5) is 20.7. The molecule has 0 spiro atoms. The monoisotopic (exact) mass is 223 g/mol. The highest BCUT2D eigenvalue weighted by molar-refractivity contribution is 5.78.